The van der Waals surface area contributed by atoms with Gasteiger partial charge in [-0.25, -0.2) is 4.68 Å². The zero-order valence-corrected chi connectivity index (χ0v) is 14.0. The molecular weight excluding hydrogens is 292 g/mol. The van der Waals surface area contributed by atoms with Gasteiger partial charge >= 0.3 is 0 Å². The van der Waals surface area contributed by atoms with Crippen LogP contribution in [0.3, 0.4) is 0 Å². The summed E-state index contributed by atoms with van der Waals surface area (Å²) in [7, 11) is 0. The van der Waals surface area contributed by atoms with Gasteiger partial charge in [0.15, 0.2) is 0 Å². The number of nitrogens with zero attached hydrogens (tertiary/aromatic N) is 3. The van der Waals surface area contributed by atoms with Crippen LogP contribution in [0.5, 0.6) is 0 Å². The molecule has 2 rings (SSSR count). The summed E-state index contributed by atoms with van der Waals surface area (Å²) in [4.78, 5) is 12.3. The van der Waals surface area contributed by atoms with Gasteiger partial charge in [0.2, 0.25) is 5.91 Å². The Morgan fingerprint density at radius 2 is 1.87 bits per heavy atom. The Bertz CT molecular complexity index is 649. The highest BCUT2D eigenvalue weighted by Crippen LogP contribution is 2.22. The van der Waals surface area contributed by atoms with E-state index in [0.717, 1.165) is 11.3 Å². The van der Waals surface area contributed by atoms with Crippen LogP contribution in [0.15, 0.2) is 30.5 Å². The Morgan fingerprint density at radius 1 is 1.22 bits per heavy atom. The molecule has 0 radical (unpaired) electrons. The predicted molar refractivity (Wildman–Crippen MR) is 89.0 cm³/mol. The molecule has 2 atom stereocenters. The van der Waals surface area contributed by atoms with E-state index in [1.54, 1.807) is 35.9 Å². The van der Waals surface area contributed by atoms with Gasteiger partial charge in [0, 0.05) is 17.8 Å². The van der Waals surface area contributed by atoms with Gasteiger partial charge in [-0.1, -0.05) is 38.1 Å². The molecule has 6 heteroatoms. The lowest BCUT2D eigenvalue weighted by Crippen LogP contribution is -2.24. The number of anilines is 1. The van der Waals surface area contributed by atoms with Gasteiger partial charge < -0.3 is 10.4 Å². The van der Waals surface area contributed by atoms with Crippen LogP contribution in [0.4, 0.5) is 5.69 Å². The highest BCUT2D eigenvalue weighted by Gasteiger charge is 2.20. The zero-order chi connectivity index (χ0) is 17.0. The van der Waals surface area contributed by atoms with Gasteiger partial charge in [0.1, 0.15) is 6.04 Å². The van der Waals surface area contributed by atoms with Crippen molar-refractivity contribution >= 4 is 11.6 Å². The fourth-order valence-corrected chi connectivity index (χ4v) is 2.09. The summed E-state index contributed by atoms with van der Waals surface area (Å²) < 4.78 is 1.59. The third-order valence-corrected chi connectivity index (χ3v) is 4.17. The molecule has 1 amide bonds. The van der Waals surface area contributed by atoms with Crippen molar-refractivity contribution in [3.8, 4) is 0 Å². The number of carbonyl (C=O) groups is 1. The molecule has 23 heavy (non-hydrogen) atoms. The summed E-state index contributed by atoms with van der Waals surface area (Å²) >= 11 is 0. The third-order valence-electron chi connectivity index (χ3n) is 4.17. The summed E-state index contributed by atoms with van der Waals surface area (Å²) in [6.07, 6.45) is 1.84. The second-order valence-electron chi connectivity index (χ2n) is 6.18. The number of nitrogens with one attached hydrogen (secondary N) is 1. The van der Waals surface area contributed by atoms with Crippen molar-refractivity contribution < 1.29 is 9.90 Å². The van der Waals surface area contributed by atoms with Crippen LogP contribution in [0.2, 0.25) is 0 Å². The molecule has 6 nitrogen and oxygen atoms in total. The van der Waals surface area contributed by atoms with Crippen molar-refractivity contribution in [1.82, 2.24) is 15.0 Å². The standard InChI is InChI=1S/C17H24N4O2/c1-11(2)12(3)16-9-21(20-19-16)13(4)17(23)18-15-7-5-14(10-22)6-8-15/h5-9,11-13,22H,10H2,1-4H3,(H,18,23)/t12-,13+/m1/s1. The van der Waals surface area contributed by atoms with E-state index in [-0.39, 0.29) is 12.5 Å². The SMILES string of the molecule is CC(C)[C@@H](C)c1cn([C@@H](C)C(=O)Nc2ccc(CO)cc2)nn1. The van der Waals surface area contributed by atoms with E-state index in [4.69, 9.17) is 5.11 Å². The Labute approximate surface area is 136 Å². The molecule has 0 aliphatic carbocycles. The number of rotatable bonds is 6. The minimum atomic E-state index is -0.451. The van der Waals surface area contributed by atoms with Gasteiger partial charge in [-0.15, -0.1) is 5.10 Å². The molecule has 1 heterocycles. The largest absolute Gasteiger partial charge is 0.392 e. The zero-order valence-electron chi connectivity index (χ0n) is 14.0. The van der Waals surface area contributed by atoms with E-state index < -0.39 is 6.04 Å². The average Bonchev–Trinajstić information content (AvgIpc) is 3.03. The summed E-state index contributed by atoms with van der Waals surface area (Å²) in [5.74, 6) is 0.606. The second kappa shape index (κ2) is 7.37. The Balaban J connectivity index is 2.04. The Kier molecular flexibility index (Phi) is 5.50. The topological polar surface area (TPSA) is 80.0 Å². The number of carbonyl (C=O) groups excluding carboxylic acids is 1. The lowest BCUT2D eigenvalue weighted by molar-refractivity contribution is -0.119. The van der Waals surface area contributed by atoms with Gasteiger partial charge in [0.25, 0.3) is 0 Å². The van der Waals surface area contributed by atoms with Gasteiger partial charge in [-0.05, 0) is 30.5 Å². The van der Waals surface area contributed by atoms with E-state index in [9.17, 15) is 4.79 Å². The summed E-state index contributed by atoms with van der Waals surface area (Å²) in [6.45, 7) is 8.15. The van der Waals surface area contributed by atoms with Crippen molar-refractivity contribution in [3.05, 3.63) is 41.7 Å². The molecule has 0 saturated carbocycles. The van der Waals surface area contributed by atoms with E-state index in [2.05, 4.69) is 36.4 Å². The van der Waals surface area contributed by atoms with Crippen LogP contribution in [0.25, 0.3) is 0 Å². The molecule has 124 valence electrons. The Hall–Kier alpha value is -2.21. The number of hydrogen-bond donors (Lipinski definition) is 2. The highest BCUT2D eigenvalue weighted by atomic mass is 16.3. The lowest BCUT2D eigenvalue weighted by Gasteiger charge is -2.13. The first kappa shape index (κ1) is 17.1. The number of hydrogen-bond acceptors (Lipinski definition) is 4. The monoisotopic (exact) mass is 316 g/mol. The van der Waals surface area contributed by atoms with Crippen LogP contribution in [-0.2, 0) is 11.4 Å². The Morgan fingerprint density at radius 3 is 2.43 bits per heavy atom. The quantitative estimate of drug-likeness (QED) is 0.858. The molecule has 0 saturated heterocycles. The maximum atomic E-state index is 12.3. The first-order valence-corrected chi connectivity index (χ1v) is 7.84. The van der Waals surface area contributed by atoms with Crippen LogP contribution < -0.4 is 5.32 Å². The van der Waals surface area contributed by atoms with E-state index in [1.165, 1.54) is 0 Å². The summed E-state index contributed by atoms with van der Waals surface area (Å²) in [5, 5.41) is 20.1. The molecule has 0 bridgehead atoms. The van der Waals surface area contributed by atoms with E-state index in [0.29, 0.717) is 17.5 Å². The smallest absolute Gasteiger partial charge is 0.249 e. The van der Waals surface area contributed by atoms with Crippen LogP contribution in [0.1, 0.15) is 50.9 Å². The minimum absolute atomic E-state index is 0.0135. The van der Waals surface area contributed by atoms with Gasteiger partial charge in [-0.3, -0.25) is 4.79 Å². The first-order chi connectivity index (χ1) is 10.9. The van der Waals surface area contributed by atoms with Gasteiger partial charge in [-0.2, -0.15) is 0 Å². The second-order valence-corrected chi connectivity index (χ2v) is 6.18. The average molecular weight is 316 g/mol. The molecule has 0 unspecified atom stereocenters. The first-order valence-electron chi connectivity index (χ1n) is 7.84. The van der Waals surface area contributed by atoms with Crippen LogP contribution in [0, 0.1) is 5.92 Å². The molecule has 0 aliphatic heterocycles. The van der Waals surface area contributed by atoms with Crippen molar-refractivity contribution in [3.63, 3.8) is 0 Å². The summed E-state index contributed by atoms with van der Waals surface area (Å²) in [6, 6.07) is 6.64. The predicted octanol–water partition coefficient (Wildman–Crippen LogP) is 2.73. The van der Waals surface area contributed by atoms with Crippen LogP contribution >= 0.6 is 0 Å². The van der Waals surface area contributed by atoms with E-state index >= 15 is 0 Å². The van der Waals surface area contributed by atoms with Crippen molar-refractivity contribution in [2.75, 3.05) is 5.32 Å². The fourth-order valence-electron chi connectivity index (χ4n) is 2.09. The minimum Gasteiger partial charge on any atom is -0.392 e. The fraction of sp³-hybridized carbons (Fsp3) is 0.471. The molecule has 0 aliphatic rings. The number of amides is 1. The molecule has 0 spiro atoms. The number of benzene rings is 1. The summed E-state index contributed by atoms with van der Waals surface area (Å²) in [5.41, 5.74) is 2.39. The maximum absolute atomic E-state index is 12.3. The van der Waals surface area contributed by atoms with Crippen LogP contribution in [-0.4, -0.2) is 26.0 Å². The van der Waals surface area contributed by atoms with Gasteiger partial charge in [0.05, 0.1) is 12.3 Å². The highest BCUT2D eigenvalue weighted by molar-refractivity contribution is 5.93. The van der Waals surface area contributed by atoms with E-state index in [1.807, 2.05) is 6.20 Å². The normalized spacial score (nSPS) is 13.8. The molecular formula is C17H24N4O2. The number of aliphatic hydroxyl groups excluding tert-OH is 1. The van der Waals surface area contributed by atoms with Crippen molar-refractivity contribution in [2.24, 2.45) is 5.92 Å². The van der Waals surface area contributed by atoms with Crippen molar-refractivity contribution in [1.29, 1.82) is 0 Å². The molecule has 1 aromatic carbocycles. The number of aromatic nitrogens is 3. The lowest BCUT2D eigenvalue weighted by atomic mass is 9.95. The molecule has 2 N–H and O–H groups in total. The van der Waals surface area contributed by atoms with Crippen molar-refractivity contribution in [2.45, 2.75) is 46.3 Å². The molecule has 0 fully saturated rings. The maximum Gasteiger partial charge on any atom is 0.249 e. The molecule has 2 aromatic rings. The number of aliphatic hydroxyl groups is 1. The third kappa shape index (κ3) is 4.16. The molecule has 1 aromatic heterocycles.